The first-order valence-electron chi connectivity index (χ1n) is 7.12. The van der Waals surface area contributed by atoms with Gasteiger partial charge in [0.2, 0.25) is 5.91 Å². The second kappa shape index (κ2) is 7.24. The van der Waals surface area contributed by atoms with Gasteiger partial charge in [0.05, 0.1) is 21.5 Å². The Morgan fingerprint density at radius 2 is 2.10 bits per heavy atom. The highest BCUT2D eigenvalue weighted by Gasteiger charge is 2.26. The quantitative estimate of drug-likeness (QED) is 0.769. The molecular formula is C15H21N3OS2. The van der Waals surface area contributed by atoms with E-state index in [0.29, 0.717) is 12.3 Å². The number of thiazole rings is 1. The van der Waals surface area contributed by atoms with E-state index >= 15 is 0 Å². The number of aromatic nitrogens is 1. The molecule has 1 aromatic carbocycles. The van der Waals surface area contributed by atoms with Crippen LogP contribution in [0.5, 0.6) is 0 Å². The van der Waals surface area contributed by atoms with Crippen LogP contribution < -0.4 is 11.1 Å². The molecule has 1 aromatic heterocycles. The van der Waals surface area contributed by atoms with Gasteiger partial charge < -0.3 is 11.1 Å². The zero-order valence-electron chi connectivity index (χ0n) is 12.4. The average molecular weight is 323 g/mol. The lowest BCUT2D eigenvalue weighted by Gasteiger charge is -2.31. The van der Waals surface area contributed by atoms with Crippen LogP contribution >= 0.6 is 23.1 Å². The molecule has 0 radical (unpaired) electrons. The number of amides is 1. The van der Waals surface area contributed by atoms with Crippen molar-refractivity contribution in [2.75, 3.05) is 12.3 Å². The molecule has 0 bridgehead atoms. The Balaban J connectivity index is 1.94. The van der Waals surface area contributed by atoms with E-state index in [2.05, 4.69) is 24.1 Å². The molecule has 3 N–H and O–H groups in total. The third-order valence-electron chi connectivity index (χ3n) is 3.75. The van der Waals surface area contributed by atoms with Crippen LogP contribution in [-0.4, -0.2) is 28.7 Å². The highest BCUT2D eigenvalue weighted by molar-refractivity contribution is 8.01. The third-order valence-corrected chi connectivity index (χ3v) is 5.93. The number of hydrogen-bond acceptors (Lipinski definition) is 5. The first-order valence-corrected chi connectivity index (χ1v) is 8.92. The largest absolute Gasteiger partial charge is 0.349 e. The Kier molecular flexibility index (Phi) is 5.61. The van der Waals surface area contributed by atoms with Crippen molar-refractivity contribution in [3.05, 3.63) is 24.3 Å². The summed E-state index contributed by atoms with van der Waals surface area (Å²) < 4.78 is 2.08. The van der Waals surface area contributed by atoms with Gasteiger partial charge in [-0.3, -0.25) is 4.79 Å². The summed E-state index contributed by atoms with van der Waals surface area (Å²) in [5, 5.41) is 3.08. The van der Waals surface area contributed by atoms with Crippen molar-refractivity contribution < 1.29 is 4.79 Å². The van der Waals surface area contributed by atoms with Gasteiger partial charge in [0.1, 0.15) is 0 Å². The number of carbonyl (C=O) groups excluding carboxylic acids is 1. The zero-order chi connectivity index (χ0) is 15.3. The molecule has 0 unspecified atom stereocenters. The van der Waals surface area contributed by atoms with Crippen molar-refractivity contribution in [3.8, 4) is 0 Å². The molecule has 0 aliphatic carbocycles. The summed E-state index contributed by atoms with van der Waals surface area (Å²) in [4.78, 5) is 16.6. The van der Waals surface area contributed by atoms with Crippen LogP contribution in [-0.2, 0) is 4.79 Å². The topological polar surface area (TPSA) is 68.0 Å². The molecule has 0 atom stereocenters. The molecule has 21 heavy (non-hydrogen) atoms. The van der Waals surface area contributed by atoms with Gasteiger partial charge in [0.25, 0.3) is 0 Å². The van der Waals surface area contributed by atoms with Gasteiger partial charge in [-0.1, -0.05) is 37.7 Å². The number of nitrogens with two attached hydrogens (primary N) is 1. The number of rotatable bonds is 7. The van der Waals surface area contributed by atoms with E-state index in [0.717, 1.165) is 27.4 Å². The average Bonchev–Trinajstić information content (AvgIpc) is 2.94. The molecule has 2 aromatic rings. The number of carbonyl (C=O) groups is 1. The van der Waals surface area contributed by atoms with Crippen molar-refractivity contribution in [1.29, 1.82) is 0 Å². The zero-order valence-corrected chi connectivity index (χ0v) is 14.0. The normalized spacial score (nSPS) is 11.8. The molecule has 114 valence electrons. The van der Waals surface area contributed by atoms with Gasteiger partial charge in [0.15, 0.2) is 4.34 Å². The fourth-order valence-corrected chi connectivity index (χ4v) is 4.01. The fourth-order valence-electron chi connectivity index (χ4n) is 2.14. The van der Waals surface area contributed by atoms with Crippen LogP contribution in [0, 0.1) is 0 Å². The van der Waals surface area contributed by atoms with Gasteiger partial charge in [-0.05, 0) is 25.0 Å². The van der Waals surface area contributed by atoms with Crippen molar-refractivity contribution in [2.24, 2.45) is 5.73 Å². The number of para-hydroxylation sites is 1. The molecule has 4 nitrogen and oxygen atoms in total. The van der Waals surface area contributed by atoms with E-state index in [9.17, 15) is 4.79 Å². The molecule has 0 saturated heterocycles. The molecule has 1 heterocycles. The lowest BCUT2D eigenvalue weighted by molar-refractivity contribution is -0.120. The van der Waals surface area contributed by atoms with Crippen LogP contribution in [0.15, 0.2) is 28.6 Å². The summed E-state index contributed by atoms with van der Waals surface area (Å²) in [6.07, 6.45) is 1.69. The summed E-state index contributed by atoms with van der Waals surface area (Å²) in [7, 11) is 0. The van der Waals surface area contributed by atoms with Gasteiger partial charge in [-0.2, -0.15) is 0 Å². The Morgan fingerprint density at radius 1 is 1.38 bits per heavy atom. The Hall–Kier alpha value is -1.11. The van der Waals surface area contributed by atoms with E-state index in [1.807, 2.05) is 24.3 Å². The summed E-state index contributed by atoms with van der Waals surface area (Å²) in [5.41, 5.74) is 6.52. The molecule has 1 amide bonds. The molecule has 0 aliphatic rings. The summed E-state index contributed by atoms with van der Waals surface area (Å²) in [6.45, 7) is 4.58. The lowest BCUT2D eigenvalue weighted by Crippen LogP contribution is -2.53. The van der Waals surface area contributed by atoms with Crippen LogP contribution in [0.3, 0.4) is 0 Å². The van der Waals surface area contributed by atoms with Crippen LogP contribution in [0.1, 0.15) is 26.7 Å². The molecule has 6 heteroatoms. The maximum absolute atomic E-state index is 12.1. The van der Waals surface area contributed by atoms with E-state index in [-0.39, 0.29) is 11.4 Å². The van der Waals surface area contributed by atoms with Gasteiger partial charge in [-0.15, -0.1) is 11.3 Å². The molecule has 0 saturated carbocycles. The van der Waals surface area contributed by atoms with Crippen LogP contribution in [0.4, 0.5) is 0 Å². The van der Waals surface area contributed by atoms with Crippen molar-refractivity contribution in [2.45, 2.75) is 36.6 Å². The monoisotopic (exact) mass is 323 g/mol. The molecule has 0 fully saturated rings. The van der Waals surface area contributed by atoms with Crippen molar-refractivity contribution in [1.82, 2.24) is 10.3 Å². The number of fused-ring (bicyclic) bond motifs is 1. The van der Waals surface area contributed by atoms with Gasteiger partial charge >= 0.3 is 0 Å². The predicted octanol–water partition coefficient (Wildman–Crippen LogP) is 3.02. The van der Waals surface area contributed by atoms with E-state index in [1.54, 1.807) is 11.3 Å². The van der Waals surface area contributed by atoms with E-state index in [4.69, 9.17) is 5.73 Å². The molecule has 0 aliphatic heterocycles. The summed E-state index contributed by atoms with van der Waals surface area (Å²) in [5.74, 6) is 0.398. The molecule has 2 rings (SSSR count). The first-order chi connectivity index (χ1) is 10.1. The Labute approximate surface area is 133 Å². The third kappa shape index (κ3) is 3.96. The lowest BCUT2D eigenvalue weighted by atomic mass is 9.93. The second-order valence-electron chi connectivity index (χ2n) is 4.98. The summed E-state index contributed by atoms with van der Waals surface area (Å²) in [6, 6.07) is 8.01. The van der Waals surface area contributed by atoms with Gasteiger partial charge in [0, 0.05) is 6.54 Å². The predicted molar refractivity (Wildman–Crippen MR) is 90.9 cm³/mol. The number of thioether (sulfide) groups is 1. The van der Waals surface area contributed by atoms with Gasteiger partial charge in [-0.25, -0.2) is 4.98 Å². The van der Waals surface area contributed by atoms with Crippen molar-refractivity contribution >= 4 is 39.2 Å². The van der Waals surface area contributed by atoms with E-state index in [1.165, 1.54) is 11.8 Å². The maximum Gasteiger partial charge on any atom is 0.230 e. The number of benzene rings is 1. The standard InChI is InChI=1S/C15H21N3OS2/c1-3-15(4-2,10-16)18-13(19)9-20-14-17-11-7-5-6-8-12(11)21-14/h5-8H,3-4,9-10,16H2,1-2H3,(H,18,19). The minimum atomic E-state index is -0.273. The van der Waals surface area contributed by atoms with E-state index < -0.39 is 0 Å². The Bertz CT molecular complexity index is 566. The highest BCUT2D eigenvalue weighted by atomic mass is 32.2. The number of hydrogen-bond donors (Lipinski definition) is 2. The molecular weight excluding hydrogens is 302 g/mol. The number of nitrogens with one attached hydrogen (secondary N) is 1. The smallest absolute Gasteiger partial charge is 0.230 e. The van der Waals surface area contributed by atoms with Crippen LogP contribution in [0.2, 0.25) is 0 Å². The Morgan fingerprint density at radius 3 is 2.71 bits per heavy atom. The summed E-state index contributed by atoms with van der Waals surface area (Å²) >= 11 is 3.10. The first kappa shape index (κ1) is 16.3. The molecule has 0 spiro atoms. The SMILES string of the molecule is CCC(CC)(CN)NC(=O)CSc1nc2ccccc2s1. The second-order valence-corrected chi connectivity index (χ2v) is 7.23. The maximum atomic E-state index is 12.1. The number of nitrogens with zero attached hydrogens (tertiary/aromatic N) is 1. The minimum Gasteiger partial charge on any atom is -0.349 e. The van der Waals surface area contributed by atoms with Crippen molar-refractivity contribution in [3.63, 3.8) is 0 Å². The van der Waals surface area contributed by atoms with Crippen LogP contribution in [0.25, 0.3) is 10.2 Å². The highest BCUT2D eigenvalue weighted by Crippen LogP contribution is 2.29. The fraction of sp³-hybridized carbons (Fsp3) is 0.467. The minimum absolute atomic E-state index is 0.0217.